The van der Waals surface area contributed by atoms with Crippen molar-refractivity contribution in [1.29, 1.82) is 0 Å². The molecule has 0 spiro atoms. The number of aromatic nitrogens is 1. The van der Waals surface area contributed by atoms with Crippen LogP contribution in [0.3, 0.4) is 0 Å². The van der Waals surface area contributed by atoms with Crippen molar-refractivity contribution >= 4 is 29.6 Å². The molecule has 2 heterocycles. The van der Waals surface area contributed by atoms with Gasteiger partial charge in [-0.1, -0.05) is 0 Å². The average Bonchev–Trinajstić information content (AvgIpc) is 3.15. The van der Waals surface area contributed by atoms with Gasteiger partial charge in [0.05, 0.1) is 5.69 Å². The number of anilines is 1. The average molecular weight is 436 g/mol. The molecule has 1 atom stereocenters. The van der Waals surface area contributed by atoms with Gasteiger partial charge in [0.25, 0.3) is 5.91 Å². The van der Waals surface area contributed by atoms with Crippen LogP contribution in [0.15, 0.2) is 24.3 Å². The second-order valence-corrected chi connectivity index (χ2v) is 8.00. The molecule has 0 aliphatic carbocycles. The lowest BCUT2D eigenvalue weighted by molar-refractivity contribution is -0.122. The monoisotopic (exact) mass is 436 g/mol. The van der Waals surface area contributed by atoms with Crippen LogP contribution >= 0.6 is 0 Å². The first-order valence-corrected chi connectivity index (χ1v) is 9.53. The number of carboxylic acid groups (broad SMARTS) is 1. The molecule has 31 heavy (non-hydrogen) atoms. The van der Waals surface area contributed by atoms with Gasteiger partial charge in [0.1, 0.15) is 17.1 Å². The fourth-order valence-corrected chi connectivity index (χ4v) is 2.74. The van der Waals surface area contributed by atoms with E-state index in [1.54, 1.807) is 46.0 Å². The Hall–Kier alpha value is -3.70. The summed E-state index contributed by atoms with van der Waals surface area (Å²) < 4.78 is 6.48. The highest BCUT2D eigenvalue weighted by molar-refractivity contribution is 5.96. The minimum atomic E-state index is -1.10. The number of hydrogen-bond donors (Lipinski definition) is 5. The van der Waals surface area contributed by atoms with Gasteiger partial charge in [-0.15, -0.1) is 0 Å². The summed E-state index contributed by atoms with van der Waals surface area (Å²) in [6, 6.07) is 1.35. The van der Waals surface area contributed by atoms with E-state index in [1.807, 2.05) is 0 Å². The predicted octanol–water partition coefficient (Wildman–Crippen LogP) is 0.353. The van der Waals surface area contributed by atoms with Crippen LogP contribution in [0.2, 0.25) is 0 Å². The van der Waals surface area contributed by atoms with Gasteiger partial charge in [0.2, 0.25) is 5.91 Å². The van der Waals surface area contributed by atoms with Gasteiger partial charge in [-0.3, -0.25) is 9.59 Å². The van der Waals surface area contributed by atoms with Crippen molar-refractivity contribution in [3.05, 3.63) is 30.0 Å². The molecule has 3 amide bonds. The number of aryl methyl sites for hydroxylation is 1. The molecule has 12 heteroatoms. The molecule has 2 rings (SSSR count). The smallest absolute Gasteiger partial charge is 0.407 e. The largest absolute Gasteiger partial charge is 0.477 e. The molecule has 0 saturated carbocycles. The lowest BCUT2D eigenvalue weighted by Crippen LogP contribution is -2.46. The zero-order valence-corrected chi connectivity index (χ0v) is 18.1. The first kappa shape index (κ1) is 23.6. The van der Waals surface area contributed by atoms with Crippen LogP contribution in [0, 0.1) is 0 Å². The number of nitrogens with zero attached hydrogens (tertiary/aromatic N) is 2. The van der Waals surface area contributed by atoms with Crippen molar-refractivity contribution in [1.82, 2.24) is 25.4 Å². The summed E-state index contributed by atoms with van der Waals surface area (Å²) in [6.45, 7) is 5.31. The van der Waals surface area contributed by atoms with Gasteiger partial charge in [-0.05, 0) is 26.8 Å². The molecule has 1 aliphatic heterocycles. The molecule has 12 nitrogen and oxygen atoms in total. The van der Waals surface area contributed by atoms with Crippen molar-refractivity contribution < 1.29 is 29.0 Å². The Kier molecular flexibility index (Phi) is 7.16. The number of ether oxygens (including phenoxy) is 1. The fourth-order valence-electron chi connectivity index (χ4n) is 2.74. The van der Waals surface area contributed by atoms with Crippen LogP contribution in [0.1, 0.15) is 37.7 Å². The number of hydrogen-bond acceptors (Lipinski definition) is 7. The van der Waals surface area contributed by atoms with E-state index in [0.717, 1.165) is 0 Å². The zero-order chi connectivity index (χ0) is 23.3. The first-order chi connectivity index (χ1) is 14.4. The summed E-state index contributed by atoms with van der Waals surface area (Å²) in [5.74, 6) is -1.58. The quantitative estimate of drug-likeness (QED) is 0.410. The summed E-state index contributed by atoms with van der Waals surface area (Å²) in [6.07, 6.45) is 1.65. The molecule has 0 saturated heterocycles. The minimum Gasteiger partial charge on any atom is -0.477 e. The zero-order valence-electron chi connectivity index (χ0n) is 18.1. The van der Waals surface area contributed by atoms with Crippen molar-refractivity contribution in [2.75, 3.05) is 18.9 Å². The van der Waals surface area contributed by atoms with Crippen LogP contribution in [-0.4, -0.2) is 63.8 Å². The van der Waals surface area contributed by atoms with Crippen LogP contribution in [0.4, 0.5) is 10.5 Å². The molecular weight excluding hydrogens is 408 g/mol. The topological polar surface area (TPSA) is 154 Å². The standard InChI is InChI=1S/C19H28N6O6/c1-19(2,3)31-18(30)20-7-6-14(26)22-13-10-25(5)15(23-13)16(27)21-11-8-12(17(28)29)24(4)9-11/h8-10,15,23H,6-7H2,1-5H3,(H,20,30)(H,21,27)(H,22,26)(H,28,29). The lowest BCUT2D eigenvalue weighted by Gasteiger charge is -2.20. The summed E-state index contributed by atoms with van der Waals surface area (Å²) in [5.41, 5.74) is -0.250. The fraction of sp³-hybridized carbons (Fsp3) is 0.474. The summed E-state index contributed by atoms with van der Waals surface area (Å²) in [7, 11) is 3.21. The van der Waals surface area contributed by atoms with E-state index in [-0.39, 0.29) is 24.6 Å². The maximum Gasteiger partial charge on any atom is 0.407 e. The number of carboxylic acids is 1. The Morgan fingerprint density at radius 3 is 2.45 bits per heavy atom. The molecule has 1 aromatic heterocycles. The minimum absolute atomic E-state index is 0.0147. The molecule has 1 aromatic rings. The molecule has 1 unspecified atom stereocenters. The van der Waals surface area contributed by atoms with E-state index in [1.165, 1.54) is 16.8 Å². The third-order valence-corrected chi connectivity index (χ3v) is 4.07. The molecular formula is C19H28N6O6. The summed E-state index contributed by atoms with van der Waals surface area (Å²) >= 11 is 0. The van der Waals surface area contributed by atoms with Crippen molar-refractivity contribution in [2.24, 2.45) is 7.05 Å². The van der Waals surface area contributed by atoms with Crippen molar-refractivity contribution in [3.8, 4) is 0 Å². The Morgan fingerprint density at radius 2 is 1.87 bits per heavy atom. The third-order valence-electron chi connectivity index (χ3n) is 4.07. The Bertz CT molecular complexity index is 900. The molecule has 0 bridgehead atoms. The number of aromatic carboxylic acids is 1. The van der Waals surface area contributed by atoms with E-state index in [9.17, 15) is 19.2 Å². The maximum absolute atomic E-state index is 12.5. The summed E-state index contributed by atoms with van der Waals surface area (Å²) in [5, 5.41) is 19.7. The van der Waals surface area contributed by atoms with E-state index < -0.39 is 29.7 Å². The number of carbonyl (C=O) groups excluding carboxylic acids is 3. The molecule has 0 fully saturated rings. The SMILES string of the molecule is CN1C=C(NC(=O)CCNC(=O)OC(C)(C)C)NC1C(=O)Nc1cc(C(=O)O)n(C)c1. The van der Waals surface area contributed by atoms with Crippen LogP contribution in [0.5, 0.6) is 0 Å². The van der Waals surface area contributed by atoms with Gasteiger partial charge in [0.15, 0.2) is 6.17 Å². The second kappa shape index (κ2) is 9.41. The molecule has 5 N–H and O–H groups in total. The van der Waals surface area contributed by atoms with E-state index in [2.05, 4.69) is 21.3 Å². The predicted molar refractivity (Wildman–Crippen MR) is 111 cm³/mol. The molecule has 0 radical (unpaired) electrons. The number of rotatable bonds is 7. The van der Waals surface area contributed by atoms with Crippen LogP contribution in [-0.2, 0) is 21.4 Å². The number of nitrogens with one attached hydrogen (secondary N) is 4. The highest BCUT2D eigenvalue weighted by atomic mass is 16.6. The van der Waals surface area contributed by atoms with Gasteiger partial charge in [-0.25, -0.2) is 9.59 Å². The van der Waals surface area contributed by atoms with Crippen molar-refractivity contribution in [2.45, 2.75) is 39.0 Å². The van der Waals surface area contributed by atoms with Crippen molar-refractivity contribution in [3.63, 3.8) is 0 Å². The van der Waals surface area contributed by atoms with E-state index in [4.69, 9.17) is 9.84 Å². The summed E-state index contributed by atoms with van der Waals surface area (Å²) in [4.78, 5) is 48.9. The van der Waals surface area contributed by atoms with Gasteiger partial charge in [0, 0.05) is 39.5 Å². The number of amides is 3. The van der Waals surface area contributed by atoms with Crippen LogP contribution < -0.4 is 21.3 Å². The third kappa shape index (κ3) is 6.94. The Labute approximate surface area is 179 Å². The number of likely N-dealkylation sites (N-methyl/N-ethyl adjacent to an activating group) is 1. The molecule has 1 aliphatic rings. The van der Waals surface area contributed by atoms with E-state index >= 15 is 0 Å². The second-order valence-electron chi connectivity index (χ2n) is 8.00. The maximum atomic E-state index is 12.5. The molecule has 0 aromatic carbocycles. The first-order valence-electron chi connectivity index (χ1n) is 9.53. The lowest BCUT2D eigenvalue weighted by atomic mass is 10.2. The van der Waals surface area contributed by atoms with Gasteiger partial charge in [-0.2, -0.15) is 0 Å². The number of alkyl carbamates (subject to hydrolysis) is 1. The Balaban J connectivity index is 1.80. The highest BCUT2D eigenvalue weighted by Crippen LogP contribution is 2.15. The molecule has 170 valence electrons. The number of carbonyl (C=O) groups is 4. The normalized spacial score (nSPS) is 15.6. The highest BCUT2D eigenvalue weighted by Gasteiger charge is 2.29. The Morgan fingerprint density at radius 1 is 1.19 bits per heavy atom. The van der Waals surface area contributed by atoms with Gasteiger partial charge >= 0.3 is 12.1 Å². The van der Waals surface area contributed by atoms with Gasteiger partial charge < -0.3 is 40.6 Å². The van der Waals surface area contributed by atoms with Crippen LogP contribution in [0.25, 0.3) is 0 Å². The van der Waals surface area contributed by atoms with E-state index in [0.29, 0.717) is 11.5 Å².